The van der Waals surface area contributed by atoms with E-state index in [-0.39, 0.29) is 11.9 Å². The van der Waals surface area contributed by atoms with Gasteiger partial charge in [-0.05, 0) is 37.1 Å². The number of rotatable bonds is 6. The van der Waals surface area contributed by atoms with Crippen LogP contribution in [-0.4, -0.2) is 9.78 Å². The maximum Gasteiger partial charge on any atom is 0.123 e. The number of benzene rings is 1. The minimum atomic E-state index is -0.197. The molecule has 4 heteroatoms. The van der Waals surface area contributed by atoms with Crippen molar-refractivity contribution in [3.63, 3.8) is 0 Å². The van der Waals surface area contributed by atoms with E-state index in [1.54, 1.807) is 0 Å². The molecule has 3 nitrogen and oxygen atoms in total. The van der Waals surface area contributed by atoms with Gasteiger partial charge in [-0.2, -0.15) is 5.10 Å². The number of aromatic nitrogens is 2. The molecule has 0 amide bonds. The summed E-state index contributed by atoms with van der Waals surface area (Å²) in [5.74, 6) is -0.197. The first-order valence-electron chi connectivity index (χ1n) is 6.70. The Balaban J connectivity index is 1.94. The lowest BCUT2D eigenvalue weighted by Gasteiger charge is -2.15. The van der Waals surface area contributed by atoms with E-state index in [1.807, 2.05) is 29.1 Å². The molecule has 1 aromatic heterocycles. The first-order valence-corrected chi connectivity index (χ1v) is 6.70. The van der Waals surface area contributed by atoms with E-state index in [2.05, 4.69) is 24.3 Å². The molecule has 1 atom stereocenters. The smallest absolute Gasteiger partial charge is 0.123 e. The highest BCUT2D eigenvalue weighted by Crippen LogP contribution is 2.13. The van der Waals surface area contributed by atoms with Crippen molar-refractivity contribution in [1.29, 1.82) is 0 Å². The number of nitrogens with one attached hydrogen (secondary N) is 1. The van der Waals surface area contributed by atoms with E-state index in [9.17, 15) is 4.39 Å². The third kappa shape index (κ3) is 3.64. The maximum absolute atomic E-state index is 12.9. The molecule has 102 valence electrons. The summed E-state index contributed by atoms with van der Waals surface area (Å²) < 4.78 is 14.9. The lowest BCUT2D eigenvalue weighted by Crippen LogP contribution is -2.20. The van der Waals surface area contributed by atoms with Crippen LogP contribution >= 0.6 is 0 Å². The average Bonchev–Trinajstić information content (AvgIpc) is 2.85. The number of hydrogen-bond acceptors (Lipinski definition) is 2. The first kappa shape index (κ1) is 13.7. The minimum absolute atomic E-state index is 0.186. The zero-order chi connectivity index (χ0) is 13.7. The highest BCUT2D eigenvalue weighted by molar-refractivity contribution is 5.19. The molecule has 0 fully saturated rings. The standard InChI is InChI=1S/C15H20FN3/c1-3-10-19-15(8-9-18-19)11-17-12(2)13-4-6-14(16)7-5-13/h4-9,12,17H,3,10-11H2,1-2H3/t12-/m1/s1. The van der Waals surface area contributed by atoms with E-state index in [0.29, 0.717) is 0 Å². The molecule has 1 heterocycles. The van der Waals surface area contributed by atoms with Gasteiger partial charge in [0.15, 0.2) is 0 Å². The molecule has 0 spiro atoms. The van der Waals surface area contributed by atoms with Crippen molar-refractivity contribution < 1.29 is 4.39 Å². The summed E-state index contributed by atoms with van der Waals surface area (Å²) in [7, 11) is 0. The molecule has 1 aromatic carbocycles. The molecular weight excluding hydrogens is 241 g/mol. The predicted octanol–water partition coefficient (Wildman–Crippen LogP) is 3.28. The Kier molecular flexibility index (Phi) is 4.68. The van der Waals surface area contributed by atoms with Crippen molar-refractivity contribution in [2.75, 3.05) is 0 Å². The Morgan fingerprint density at radius 1 is 1.26 bits per heavy atom. The molecule has 1 N–H and O–H groups in total. The van der Waals surface area contributed by atoms with E-state index in [0.717, 1.165) is 25.1 Å². The summed E-state index contributed by atoms with van der Waals surface area (Å²) in [6, 6.07) is 8.83. The summed E-state index contributed by atoms with van der Waals surface area (Å²) in [5, 5.41) is 7.73. The van der Waals surface area contributed by atoms with Crippen LogP contribution in [0.25, 0.3) is 0 Å². The normalized spacial score (nSPS) is 12.6. The summed E-state index contributed by atoms with van der Waals surface area (Å²) >= 11 is 0. The Hall–Kier alpha value is -1.68. The lowest BCUT2D eigenvalue weighted by atomic mass is 10.1. The molecular formula is C15H20FN3. The highest BCUT2D eigenvalue weighted by Gasteiger charge is 2.07. The van der Waals surface area contributed by atoms with Crippen LogP contribution in [0.4, 0.5) is 4.39 Å². The molecule has 0 aliphatic heterocycles. The van der Waals surface area contributed by atoms with Gasteiger partial charge in [0.25, 0.3) is 0 Å². The Morgan fingerprint density at radius 2 is 2.00 bits per heavy atom. The number of aryl methyl sites for hydroxylation is 1. The van der Waals surface area contributed by atoms with E-state index < -0.39 is 0 Å². The van der Waals surface area contributed by atoms with Crippen molar-refractivity contribution in [3.05, 3.63) is 53.6 Å². The molecule has 0 unspecified atom stereocenters. The van der Waals surface area contributed by atoms with Gasteiger partial charge in [0.05, 0.1) is 5.69 Å². The molecule has 0 radical (unpaired) electrons. The topological polar surface area (TPSA) is 29.9 Å². The van der Waals surface area contributed by atoms with Crippen LogP contribution < -0.4 is 5.32 Å². The van der Waals surface area contributed by atoms with Gasteiger partial charge >= 0.3 is 0 Å². The third-order valence-electron chi connectivity index (χ3n) is 3.20. The molecule has 0 saturated carbocycles. The van der Waals surface area contributed by atoms with Crippen molar-refractivity contribution in [1.82, 2.24) is 15.1 Å². The van der Waals surface area contributed by atoms with Crippen LogP contribution in [-0.2, 0) is 13.1 Å². The first-order chi connectivity index (χ1) is 9.20. The van der Waals surface area contributed by atoms with Crippen LogP contribution in [0.5, 0.6) is 0 Å². The quantitative estimate of drug-likeness (QED) is 0.864. The number of hydrogen-bond donors (Lipinski definition) is 1. The molecule has 0 aliphatic rings. The zero-order valence-electron chi connectivity index (χ0n) is 11.4. The van der Waals surface area contributed by atoms with Gasteiger partial charge in [0, 0.05) is 25.3 Å². The molecule has 0 bridgehead atoms. The summed E-state index contributed by atoms with van der Waals surface area (Å²) in [5.41, 5.74) is 2.26. The van der Waals surface area contributed by atoms with Crippen LogP contribution in [0.15, 0.2) is 36.5 Å². The third-order valence-corrected chi connectivity index (χ3v) is 3.20. The predicted molar refractivity (Wildman–Crippen MR) is 74.2 cm³/mol. The van der Waals surface area contributed by atoms with Crippen LogP contribution in [0.3, 0.4) is 0 Å². The summed E-state index contributed by atoms with van der Waals surface area (Å²) in [4.78, 5) is 0. The van der Waals surface area contributed by atoms with Crippen molar-refractivity contribution in [2.45, 2.75) is 39.4 Å². The van der Waals surface area contributed by atoms with Crippen LogP contribution in [0.2, 0.25) is 0 Å². The minimum Gasteiger partial charge on any atom is -0.305 e. The van der Waals surface area contributed by atoms with Gasteiger partial charge in [-0.3, -0.25) is 4.68 Å². The van der Waals surface area contributed by atoms with Gasteiger partial charge in [0.1, 0.15) is 5.82 Å². The van der Waals surface area contributed by atoms with Crippen molar-refractivity contribution in [3.8, 4) is 0 Å². The molecule has 2 rings (SSSR count). The average molecular weight is 261 g/mol. The van der Waals surface area contributed by atoms with E-state index >= 15 is 0 Å². The monoisotopic (exact) mass is 261 g/mol. The van der Waals surface area contributed by atoms with Crippen molar-refractivity contribution >= 4 is 0 Å². The van der Waals surface area contributed by atoms with Crippen LogP contribution in [0.1, 0.15) is 37.6 Å². The number of halogens is 1. The fourth-order valence-electron chi connectivity index (χ4n) is 2.05. The number of nitrogens with zero attached hydrogens (tertiary/aromatic N) is 2. The van der Waals surface area contributed by atoms with Gasteiger partial charge in [-0.15, -0.1) is 0 Å². The molecule has 0 aliphatic carbocycles. The van der Waals surface area contributed by atoms with Gasteiger partial charge in [0.2, 0.25) is 0 Å². The summed E-state index contributed by atoms with van der Waals surface area (Å²) in [6.07, 6.45) is 2.90. The van der Waals surface area contributed by atoms with E-state index in [1.165, 1.54) is 17.8 Å². The fourth-order valence-corrected chi connectivity index (χ4v) is 2.05. The van der Waals surface area contributed by atoms with E-state index in [4.69, 9.17) is 0 Å². The second-order valence-electron chi connectivity index (χ2n) is 4.70. The second-order valence-corrected chi connectivity index (χ2v) is 4.70. The van der Waals surface area contributed by atoms with Gasteiger partial charge < -0.3 is 5.32 Å². The fraction of sp³-hybridized carbons (Fsp3) is 0.400. The lowest BCUT2D eigenvalue weighted by molar-refractivity contribution is 0.516. The summed E-state index contributed by atoms with van der Waals surface area (Å²) in [6.45, 7) is 5.92. The highest BCUT2D eigenvalue weighted by atomic mass is 19.1. The van der Waals surface area contributed by atoms with Crippen molar-refractivity contribution in [2.24, 2.45) is 0 Å². The Bertz CT molecular complexity index is 504. The largest absolute Gasteiger partial charge is 0.305 e. The second kappa shape index (κ2) is 6.48. The molecule has 0 saturated heterocycles. The maximum atomic E-state index is 12.9. The molecule has 2 aromatic rings. The van der Waals surface area contributed by atoms with Gasteiger partial charge in [-0.1, -0.05) is 19.1 Å². The molecule has 19 heavy (non-hydrogen) atoms. The Labute approximate surface area is 113 Å². The Morgan fingerprint density at radius 3 is 2.68 bits per heavy atom. The van der Waals surface area contributed by atoms with Crippen LogP contribution in [0, 0.1) is 5.82 Å². The SMILES string of the molecule is CCCn1nccc1CN[C@H](C)c1ccc(F)cc1. The van der Waals surface area contributed by atoms with Gasteiger partial charge in [-0.25, -0.2) is 4.39 Å². The zero-order valence-corrected chi connectivity index (χ0v) is 11.4.